The van der Waals surface area contributed by atoms with E-state index in [2.05, 4.69) is 0 Å². The van der Waals surface area contributed by atoms with E-state index >= 15 is 0 Å². The van der Waals surface area contributed by atoms with Gasteiger partial charge in [-0.25, -0.2) is 12.8 Å². The van der Waals surface area contributed by atoms with Gasteiger partial charge in [-0.05, 0) is 35.9 Å². The number of carbonyl (C=O) groups is 1. The fourth-order valence-corrected chi connectivity index (χ4v) is 4.73. The lowest BCUT2D eigenvalue weighted by Crippen LogP contribution is -2.50. The number of nitrogens with zero attached hydrogens (tertiary/aromatic N) is 2. The zero-order valence-electron chi connectivity index (χ0n) is 16.5. The molecule has 0 radical (unpaired) electrons. The van der Waals surface area contributed by atoms with Gasteiger partial charge in [0.15, 0.2) is 11.6 Å². The molecule has 1 heterocycles. The Hall–Kier alpha value is -2.66. The summed E-state index contributed by atoms with van der Waals surface area (Å²) in [4.78, 5) is 13.5. The summed E-state index contributed by atoms with van der Waals surface area (Å²) in [7, 11) is -2.80. The van der Waals surface area contributed by atoms with Gasteiger partial charge in [0.2, 0.25) is 15.9 Å². The average Bonchev–Trinajstić information content (AvgIpc) is 2.73. The second kappa shape index (κ2) is 8.83. The fourth-order valence-electron chi connectivity index (χ4n) is 3.27. The zero-order valence-corrected chi connectivity index (χ0v) is 17.3. The van der Waals surface area contributed by atoms with Crippen LogP contribution in [0.5, 0.6) is 5.75 Å². The number of sulfonamides is 1. The predicted molar refractivity (Wildman–Crippen MR) is 103 cm³/mol. The number of benzene rings is 2. The summed E-state index contributed by atoms with van der Waals surface area (Å²) in [6.45, 7) is 0.0495. The molecule has 2 aromatic rings. The molecule has 0 atom stereocenters. The molecule has 0 spiro atoms. The number of halogens is 4. The van der Waals surface area contributed by atoms with Gasteiger partial charge in [0, 0.05) is 26.2 Å². The number of ether oxygens (including phenoxy) is 1. The lowest BCUT2D eigenvalue weighted by molar-refractivity contribution is -0.137. The van der Waals surface area contributed by atoms with Crippen molar-refractivity contribution in [3.63, 3.8) is 0 Å². The third kappa shape index (κ3) is 5.16. The largest absolute Gasteiger partial charge is 0.494 e. The van der Waals surface area contributed by atoms with Crippen LogP contribution in [0.1, 0.15) is 11.1 Å². The Balaban J connectivity index is 1.65. The lowest BCUT2D eigenvalue weighted by atomic mass is 10.1. The maximum Gasteiger partial charge on any atom is 0.416 e. The Bertz CT molecular complexity index is 1070. The molecule has 0 aliphatic carbocycles. The SMILES string of the molecule is COc1ccc(CC(=O)N2CCN(S(=O)(=O)c3cccc(C(F)(F)F)c3)CC2)cc1F. The fraction of sp³-hybridized carbons (Fsp3) is 0.350. The summed E-state index contributed by atoms with van der Waals surface area (Å²) in [5.41, 5.74) is -0.601. The molecular weight excluding hydrogens is 440 g/mol. The van der Waals surface area contributed by atoms with Crippen LogP contribution in [0.15, 0.2) is 47.4 Å². The molecule has 3 rings (SSSR count). The average molecular weight is 460 g/mol. The van der Waals surface area contributed by atoms with E-state index in [1.807, 2.05) is 0 Å². The minimum Gasteiger partial charge on any atom is -0.494 e. The van der Waals surface area contributed by atoms with Gasteiger partial charge in [-0.15, -0.1) is 0 Å². The molecule has 6 nitrogen and oxygen atoms in total. The van der Waals surface area contributed by atoms with Gasteiger partial charge in [-0.1, -0.05) is 12.1 Å². The molecule has 31 heavy (non-hydrogen) atoms. The van der Waals surface area contributed by atoms with E-state index in [0.29, 0.717) is 11.6 Å². The maximum atomic E-state index is 13.8. The van der Waals surface area contributed by atoms with Gasteiger partial charge in [-0.3, -0.25) is 4.79 Å². The molecule has 1 amide bonds. The van der Waals surface area contributed by atoms with E-state index in [-0.39, 0.29) is 44.3 Å². The number of carbonyl (C=O) groups excluding carboxylic acids is 1. The Morgan fingerprint density at radius 3 is 2.32 bits per heavy atom. The number of hydrogen-bond acceptors (Lipinski definition) is 4. The third-order valence-electron chi connectivity index (χ3n) is 4.96. The zero-order chi connectivity index (χ0) is 22.8. The molecule has 11 heteroatoms. The summed E-state index contributed by atoms with van der Waals surface area (Å²) in [5.74, 6) is -0.838. The highest BCUT2D eigenvalue weighted by Gasteiger charge is 2.34. The van der Waals surface area contributed by atoms with Crippen molar-refractivity contribution in [1.82, 2.24) is 9.21 Å². The Labute approximate surface area is 177 Å². The van der Waals surface area contributed by atoms with Crippen molar-refractivity contribution in [2.45, 2.75) is 17.5 Å². The number of amides is 1. The molecule has 1 aliphatic rings. The first kappa shape index (κ1) is 23.0. The monoisotopic (exact) mass is 460 g/mol. The lowest BCUT2D eigenvalue weighted by Gasteiger charge is -2.34. The standard InChI is InChI=1S/C20H20F4N2O4S/c1-30-18-6-5-14(11-17(18)21)12-19(27)25-7-9-26(10-8-25)31(28,29)16-4-2-3-15(13-16)20(22,23)24/h2-6,11,13H,7-10,12H2,1H3. The molecule has 0 N–H and O–H groups in total. The summed E-state index contributed by atoms with van der Waals surface area (Å²) < 4.78 is 83.9. The summed E-state index contributed by atoms with van der Waals surface area (Å²) in [6, 6.07) is 7.74. The molecule has 1 saturated heterocycles. The highest BCUT2D eigenvalue weighted by molar-refractivity contribution is 7.89. The van der Waals surface area contributed by atoms with Gasteiger partial charge < -0.3 is 9.64 Å². The first-order valence-corrected chi connectivity index (χ1v) is 10.7. The molecule has 0 aromatic heterocycles. The molecule has 0 unspecified atom stereocenters. The first-order chi connectivity index (χ1) is 14.5. The molecular formula is C20H20F4N2O4S. The molecule has 1 fully saturated rings. The summed E-state index contributed by atoms with van der Waals surface area (Å²) in [6.07, 6.45) is -4.72. The van der Waals surface area contributed by atoms with Crippen LogP contribution in [0.4, 0.5) is 17.6 Å². The summed E-state index contributed by atoms with van der Waals surface area (Å²) >= 11 is 0. The predicted octanol–water partition coefficient (Wildman–Crippen LogP) is 2.93. The van der Waals surface area contributed by atoms with E-state index in [0.717, 1.165) is 22.5 Å². The maximum absolute atomic E-state index is 13.8. The number of rotatable bonds is 5. The van der Waals surface area contributed by atoms with Crippen molar-refractivity contribution >= 4 is 15.9 Å². The van der Waals surface area contributed by atoms with E-state index in [4.69, 9.17) is 4.74 Å². The number of hydrogen-bond donors (Lipinski definition) is 0. The third-order valence-corrected chi connectivity index (χ3v) is 6.86. The molecule has 1 aliphatic heterocycles. The highest BCUT2D eigenvalue weighted by atomic mass is 32.2. The van der Waals surface area contributed by atoms with Crippen LogP contribution in [0, 0.1) is 5.82 Å². The van der Waals surface area contributed by atoms with Crippen molar-refractivity contribution < 1.29 is 35.5 Å². The second-order valence-electron chi connectivity index (χ2n) is 6.96. The van der Waals surface area contributed by atoms with Gasteiger partial charge >= 0.3 is 6.18 Å². The normalized spacial score (nSPS) is 15.7. The number of piperazine rings is 1. The highest BCUT2D eigenvalue weighted by Crippen LogP contribution is 2.31. The van der Waals surface area contributed by atoms with Crippen LogP contribution >= 0.6 is 0 Å². The molecule has 0 bridgehead atoms. The van der Waals surface area contributed by atoms with E-state index < -0.39 is 32.5 Å². The van der Waals surface area contributed by atoms with Crippen molar-refractivity contribution in [1.29, 1.82) is 0 Å². The minimum absolute atomic E-state index is 0.0543. The van der Waals surface area contributed by atoms with Crippen LogP contribution < -0.4 is 4.74 Å². The van der Waals surface area contributed by atoms with Crippen molar-refractivity contribution in [3.05, 3.63) is 59.4 Å². The topological polar surface area (TPSA) is 66.9 Å². The second-order valence-corrected chi connectivity index (χ2v) is 8.89. The van der Waals surface area contributed by atoms with Crippen LogP contribution in [-0.2, 0) is 27.4 Å². The van der Waals surface area contributed by atoms with E-state index in [9.17, 15) is 30.8 Å². The number of alkyl halides is 3. The molecule has 0 saturated carbocycles. The molecule has 2 aromatic carbocycles. The van der Waals surface area contributed by atoms with Crippen molar-refractivity contribution in [3.8, 4) is 5.75 Å². The van der Waals surface area contributed by atoms with Crippen LogP contribution in [0.25, 0.3) is 0 Å². The first-order valence-electron chi connectivity index (χ1n) is 9.30. The Morgan fingerprint density at radius 1 is 1.06 bits per heavy atom. The minimum atomic E-state index is -4.66. The smallest absolute Gasteiger partial charge is 0.416 e. The van der Waals surface area contributed by atoms with Crippen LogP contribution in [-0.4, -0.2) is 56.8 Å². The van der Waals surface area contributed by atoms with Crippen LogP contribution in [0.3, 0.4) is 0 Å². The van der Waals surface area contributed by atoms with Gasteiger partial charge in [0.25, 0.3) is 0 Å². The van der Waals surface area contributed by atoms with Crippen molar-refractivity contribution in [2.75, 3.05) is 33.3 Å². The van der Waals surface area contributed by atoms with E-state index in [1.165, 1.54) is 24.1 Å². The van der Waals surface area contributed by atoms with E-state index in [1.54, 1.807) is 6.07 Å². The quantitative estimate of drug-likeness (QED) is 0.644. The Morgan fingerprint density at radius 2 is 1.74 bits per heavy atom. The van der Waals surface area contributed by atoms with Crippen LogP contribution in [0.2, 0.25) is 0 Å². The van der Waals surface area contributed by atoms with Gasteiger partial charge in [0.05, 0.1) is 24.0 Å². The molecule has 168 valence electrons. The Kier molecular flexibility index (Phi) is 6.56. The van der Waals surface area contributed by atoms with Gasteiger partial charge in [0.1, 0.15) is 0 Å². The number of methoxy groups -OCH3 is 1. The summed E-state index contributed by atoms with van der Waals surface area (Å²) in [5, 5.41) is 0. The van der Waals surface area contributed by atoms with Crippen molar-refractivity contribution in [2.24, 2.45) is 0 Å². The van der Waals surface area contributed by atoms with Gasteiger partial charge in [-0.2, -0.15) is 17.5 Å².